The fourth-order valence-corrected chi connectivity index (χ4v) is 8.12. The first-order valence-electron chi connectivity index (χ1n) is 10.4. The lowest BCUT2D eigenvalue weighted by molar-refractivity contribution is -0.141. The monoisotopic (exact) mass is 335 g/mol. The Labute approximate surface area is 147 Å². The van der Waals surface area contributed by atoms with Crippen molar-refractivity contribution in [1.29, 1.82) is 0 Å². The molecule has 3 nitrogen and oxygen atoms in total. The highest BCUT2D eigenvalue weighted by atomic mass is 16.3. The van der Waals surface area contributed by atoms with Crippen molar-refractivity contribution < 1.29 is 10.2 Å². The summed E-state index contributed by atoms with van der Waals surface area (Å²) in [5.41, 5.74) is 7.60. The summed E-state index contributed by atoms with van der Waals surface area (Å²) >= 11 is 0. The Morgan fingerprint density at radius 3 is 2.42 bits per heavy atom. The Kier molecular flexibility index (Phi) is 3.92. The van der Waals surface area contributed by atoms with Crippen LogP contribution in [0.5, 0.6) is 0 Å². The highest BCUT2D eigenvalue weighted by Gasteiger charge is 2.66. The zero-order valence-electron chi connectivity index (χ0n) is 15.8. The number of rotatable bonds is 1. The molecule has 4 fully saturated rings. The number of nitrogens with two attached hydrogens (primary N) is 1. The minimum absolute atomic E-state index is 0.0774. The number of aliphatic hydroxyl groups is 2. The molecule has 1 unspecified atom stereocenters. The SMILES string of the molecule is CC(O)[C@H]1CC[C@]2(N)[C@@H]3CC[C@@H]4C[C@@H](O)CC[C@]4(C)[C@H]3CC[C@]12C. The summed E-state index contributed by atoms with van der Waals surface area (Å²) in [6, 6.07) is 0. The predicted octanol–water partition coefficient (Wildman–Crippen LogP) is 3.47. The minimum atomic E-state index is -0.242. The van der Waals surface area contributed by atoms with E-state index in [1.165, 1.54) is 32.1 Å². The van der Waals surface area contributed by atoms with Gasteiger partial charge in [0.15, 0.2) is 0 Å². The quantitative estimate of drug-likeness (QED) is 0.687. The molecule has 0 amide bonds. The molecule has 0 spiro atoms. The fourth-order valence-electron chi connectivity index (χ4n) is 8.12. The minimum Gasteiger partial charge on any atom is -0.393 e. The Hall–Kier alpha value is -0.120. The van der Waals surface area contributed by atoms with Crippen LogP contribution in [0.15, 0.2) is 0 Å². The normalized spacial score (nSPS) is 58.5. The molecule has 4 aliphatic rings. The van der Waals surface area contributed by atoms with Gasteiger partial charge >= 0.3 is 0 Å². The molecule has 0 aromatic carbocycles. The molecule has 0 aliphatic heterocycles. The lowest BCUT2D eigenvalue weighted by Crippen LogP contribution is -2.66. The van der Waals surface area contributed by atoms with E-state index in [-0.39, 0.29) is 23.2 Å². The number of aliphatic hydroxyl groups excluding tert-OH is 2. The zero-order valence-corrected chi connectivity index (χ0v) is 15.8. The van der Waals surface area contributed by atoms with E-state index in [0.717, 1.165) is 31.6 Å². The number of hydrogen-bond acceptors (Lipinski definition) is 3. The molecule has 0 aromatic heterocycles. The molecule has 138 valence electrons. The third-order valence-corrected chi connectivity index (χ3v) is 9.63. The molecular weight excluding hydrogens is 298 g/mol. The molecule has 4 rings (SSSR count). The van der Waals surface area contributed by atoms with Gasteiger partial charge in [0, 0.05) is 5.54 Å². The fraction of sp³-hybridized carbons (Fsp3) is 1.00. The maximum Gasteiger partial charge on any atom is 0.0546 e. The molecule has 0 aromatic rings. The smallest absolute Gasteiger partial charge is 0.0546 e. The van der Waals surface area contributed by atoms with E-state index in [4.69, 9.17) is 5.73 Å². The maximum absolute atomic E-state index is 10.4. The van der Waals surface area contributed by atoms with Crippen LogP contribution in [0.4, 0.5) is 0 Å². The van der Waals surface area contributed by atoms with E-state index >= 15 is 0 Å². The van der Waals surface area contributed by atoms with Crippen LogP contribution in [0.1, 0.15) is 78.6 Å². The Bertz CT molecular complexity index is 508. The predicted molar refractivity (Wildman–Crippen MR) is 96.3 cm³/mol. The van der Waals surface area contributed by atoms with Crippen molar-refractivity contribution in [1.82, 2.24) is 0 Å². The van der Waals surface area contributed by atoms with Gasteiger partial charge in [-0.05, 0) is 99.2 Å². The largest absolute Gasteiger partial charge is 0.393 e. The van der Waals surface area contributed by atoms with E-state index in [1.54, 1.807) is 0 Å². The Morgan fingerprint density at radius 2 is 1.71 bits per heavy atom. The molecule has 4 aliphatic carbocycles. The highest BCUT2D eigenvalue weighted by Crippen LogP contribution is 2.68. The lowest BCUT2D eigenvalue weighted by atomic mass is 9.42. The van der Waals surface area contributed by atoms with E-state index in [9.17, 15) is 10.2 Å². The molecule has 3 heteroatoms. The first-order valence-corrected chi connectivity index (χ1v) is 10.4. The van der Waals surface area contributed by atoms with Gasteiger partial charge < -0.3 is 15.9 Å². The van der Waals surface area contributed by atoms with Crippen LogP contribution in [0.3, 0.4) is 0 Å². The van der Waals surface area contributed by atoms with Crippen LogP contribution in [0, 0.1) is 34.5 Å². The summed E-state index contributed by atoms with van der Waals surface area (Å²) in [7, 11) is 0. The molecule has 0 saturated heterocycles. The third-order valence-electron chi connectivity index (χ3n) is 9.63. The zero-order chi connectivity index (χ0) is 17.3. The van der Waals surface area contributed by atoms with Gasteiger partial charge in [-0.2, -0.15) is 0 Å². The van der Waals surface area contributed by atoms with E-state index < -0.39 is 0 Å². The van der Waals surface area contributed by atoms with Crippen LogP contribution in [0.2, 0.25) is 0 Å². The van der Waals surface area contributed by atoms with Gasteiger partial charge in [-0.25, -0.2) is 0 Å². The van der Waals surface area contributed by atoms with Crippen molar-refractivity contribution in [2.24, 2.45) is 40.2 Å². The molecular formula is C21H37NO2. The van der Waals surface area contributed by atoms with E-state index in [0.29, 0.717) is 23.2 Å². The summed E-state index contributed by atoms with van der Waals surface area (Å²) < 4.78 is 0. The van der Waals surface area contributed by atoms with Gasteiger partial charge in [-0.15, -0.1) is 0 Å². The summed E-state index contributed by atoms with van der Waals surface area (Å²) in [5, 5.41) is 20.5. The second-order valence-corrected chi connectivity index (χ2v) is 10.3. The second kappa shape index (κ2) is 5.44. The first kappa shape index (κ1) is 17.3. The van der Waals surface area contributed by atoms with Crippen LogP contribution < -0.4 is 5.73 Å². The molecule has 24 heavy (non-hydrogen) atoms. The maximum atomic E-state index is 10.4. The van der Waals surface area contributed by atoms with Gasteiger partial charge in [0.25, 0.3) is 0 Å². The van der Waals surface area contributed by atoms with E-state index in [2.05, 4.69) is 13.8 Å². The van der Waals surface area contributed by atoms with Gasteiger partial charge in [-0.3, -0.25) is 0 Å². The van der Waals surface area contributed by atoms with Crippen molar-refractivity contribution in [2.45, 2.75) is 96.3 Å². The Balaban J connectivity index is 1.66. The third kappa shape index (κ3) is 2.07. The summed E-state index contributed by atoms with van der Waals surface area (Å²) in [6.07, 6.45) is 9.92. The van der Waals surface area contributed by atoms with E-state index in [1.807, 2.05) is 6.92 Å². The summed E-state index contributed by atoms with van der Waals surface area (Å²) in [5.74, 6) is 2.37. The first-order chi connectivity index (χ1) is 11.2. The van der Waals surface area contributed by atoms with Crippen LogP contribution in [-0.2, 0) is 0 Å². The van der Waals surface area contributed by atoms with Crippen molar-refractivity contribution >= 4 is 0 Å². The van der Waals surface area contributed by atoms with Crippen LogP contribution in [-0.4, -0.2) is 28.0 Å². The van der Waals surface area contributed by atoms with Gasteiger partial charge in [0.1, 0.15) is 0 Å². The Morgan fingerprint density at radius 1 is 0.958 bits per heavy atom. The van der Waals surface area contributed by atoms with Crippen LogP contribution in [0.25, 0.3) is 0 Å². The van der Waals surface area contributed by atoms with Crippen molar-refractivity contribution in [3.05, 3.63) is 0 Å². The standard InChI is InChI=1S/C21H37NO2/c1-13(23)16-8-11-21(22)18-5-4-14-12-15(24)6-9-19(14,2)17(18)7-10-20(16,21)3/h13-18,23-24H,4-12,22H2,1-3H3/t13?,14-,15+,16-,17+,18-,19+,20-,21+/m1/s1. The molecule has 9 atom stereocenters. The van der Waals surface area contributed by atoms with Crippen molar-refractivity contribution in [2.75, 3.05) is 0 Å². The second-order valence-electron chi connectivity index (χ2n) is 10.3. The van der Waals surface area contributed by atoms with Crippen LogP contribution >= 0.6 is 0 Å². The molecule has 0 heterocycles. The van der Waals surface area contributed by atoms with Crippen molar-refractivity contribution in [3.63, 3.8) is 0 Å². The topological polar surface area (TPSA) is 66.5 Å². The number of fused-ring (bicyclic) bond motifs is 5. The van der Waals surface area contributed by atoms with Crippen molar-refractivity contribution in [3.8, 4) is 0 Å². The molecule has 0 bridgehead atoms. The number of hydrogen-bond donors (Lipinski definition) is 3. The lowest BCUT2D eigenvalue weighted by Gasteiger charge is -2.64. The average Bonchev–Trinajstić information content (AvgIpc) is 2.80. The van der Waals surface area contributed by atoms with Gasteiger partial charge in [0.2, 0.25) is 0 Å². The summed E-state index contributed by atoms with van der Waals surface area (Å²) in [6.45, 7) is 6.86. The molecule has 0 radical (unpaired) electrons. The average molecular weight is 336 g/mol. The molecule has 4 saturated carbocycles. The molecule has 4 N–H and O–H groups in total. The van der Waals surface area contributed by atoms with Gasteiger partial charge in [-0.1, -0.05) is 13.8 Å². The van der Waals surface area contributed by atoms with Gasteiger partial charge in [0.05, 0.1) is 12.2 Å². The highest BCUT2D eigenvalue weighted by molar-refractivity contribution is 5.19. The summed E-state index contributed by atoms with van der Waals surface area (Å²) in [4.78, 5) is 0.